The van der Waals surface area contributed by atoms with Gasteiger partial charge in [0, 0.05) is 20.1 Å². The fourth-order valence-electron chi connectivity index (χ4n) is 1.29. The molecule has 0 spiro atoms. The molecule has 0 saturated carbocycles. The van der Waals surface area contributed by atoms with Crippen molar-refractivity contribution in [3.05, 3.63) is 29.8 Å². The second-order valence-corrected chi connectivity index (χ2v) is 3.52. The number of ether oxygens (including phenoxy) is 2. The van der Waals surface area contributed by atoms with Crippen LogP contribution in [0.3, 0.4) is 0 Å². The number of rotatable bonds is 6. The summed E-state index contributed by atoms with van der Waals surface area (Å²) in [5.41, 5.74) is 0.867. The van der Waals surface area contributed by atoms with Gasteiger partial charge in [-0.25, -0.2) is 0 Å². The highest BCUT2D eigenvalue weighted by Gasteiger charge is 2.03. The molecule has 0 aromatic heterocycles. The Morgan fingerprint density at radius 3 is 2.87 bits per heavy atom. The van der Waals surface area contributed by atoms with Crippen LogP contribution in [-0.4, -0.2) is 24.9 Å². The molecular formula is C12H18O3. The highest BCUT2D eigenvalue weighted by atomic mass is 16.5. The maximum absolute atomic E-state index is 8.96. The van der Waals surface area contributed by atoms with Gasteiger partial charge in [0.05, 0.1) is 12.7 Å². The lowest BCUT2D eigenvalue weighted by Crippen LogP contribution is -2.14. The molecule has 0 aliphatic carbocycles. The average Bonchev–Trinajstić information content (AvgIpc) is 2.26. The average molecular weight is 210 g/mol. The molecule has 0 aliphatic heterocycles. The van der Waals surface area contributed by atoms with Crippen LogP contribution in [0.2, 0.25) is 0 Å². The van der Waals surface area contributed by atoms with Crippen LogP contribution in [0.15, 0.2) is 24.3 Å². The fraction of sp³-hybridized carbons (Fsp3) is 0.500. The summed E-state index contributed by atoms with van der Waals surface area (Å²) in [7, 11) is 1.68. The molecule has 1 rings (SSSR count). The van der Waals surface area contributed by atoms with E-state index in [0.717, 1.165) is 17.7 Å². The van der Waals surface area contributed by atoms with Gasteiger partial charge in [0.2, 0.25) is 0 Å². The van der Waals surface area contributed by atoms with Crippen molar-refractivity contribution in [1.82, 2.24) is 0 Å². The Balaban J connectivity index is 2.48. The van der Waals surface area contributed by atoms with Gasteiger partial charge in [-0.2, -0.15) is 0 Å². The second kappa shape index (κ2) is 6.43. The number of benzene rings is 1. The third-order valence-electron chi connectivity index (χ3n) is 2.15. The summed E-state index contributed by atoms with van der Waals surface area (Å²) < 4.78 is 10.6. The highest BCUT2D eigenvalue weighted by Crippen LogP contribution is 2.15. The van der Waals surface area contributed by atoms with E-state index in [-0.39, 0.29) is 12.7 Å². The third kappa shape index (κ3) is 4.32. The number of aliphatic hydroxyl groups is 1. The van der Waals surface area contributed by atoms with E-state index in [9.17, 15) is 0 Å². The summed E-state index contributed by atoms with van der Waals surface area (Å²) >= 11 is 0. The lowest BCUT2D eigenvalue weighted by atomic mass is 10.2. The first-order chi connectivity index (χ1) is 7.26. The summed E-state index contributed by atoms with van der Waals surface area (Å²) in [5, 5.41) is 8.96. The Morgan fingerprint density at radius 2 is 2.20 bits per heavy atom. The van der Waals surface area contributed by atoms with Crippen LogP contribution >= 0.6 is 0 Å². The van der Waals surface area contributed by atoms with E-state index in [0.29, 0.717) is 6.61 Å². The van der Waals surface area contributed by atoms with E-state index in [1.807, 2.05) is 31.2 Å². The third-order valence-corrected chi connectivity index (χ3v) is 2.15. The number of methoxy groups -OCH3 is 1. The normalized spacial score (nSPS) is 12.5. The standard InChI is InChI=1S/C12H18O3/c1-10(6-7-14-2)15-12-5-3-4-11(8-12)9-13/h3-5,8,10,13H,6-7,9H2,1-2H3. The van der Waals surface area contributed by atoms with Crippen LogP contribution in [0, 0.1) is 0 Å². The van der Waals surface area contributed by atoms with Gasteiger partial charge in [-0.15, -0.1) is 0 Å². The minimum absolute atomic E-state index is 0.0453. The van der Waals surface area contributed by atoms with Crippen molar-refractivity contribution in [3.63, 3.8) is 0 Å². The molecule has 0 saturated heterocycles. The molecule has 1 aromatic carbocycles. The van der Waals surface area contributed by atoms with Gasteiger partial charge in [0.15, 0.2) is 0 Å². The smallest absolute Gasteiger partial charge is 0.120 e. The van der Waals surface area contributed by atoms with Crippen LogP contribution in [0.25, 0.3) is 0 Å². The quantitative estimate of drug-likeness (QED) is 0.780. The lowest BCUT2D eigenvalue weighted by Gasteiger charge is -2.14. The zero-order valence-corrected chi connectivity index (χ0v) is 9.27. The maximum Gasteiger partial charge on any atom is 0.120 e. The monoisotopic (exact) mass is 210 g/mol. The number of aliphatic hydroxyl groups excluding tert-OH is 1. The molecule has 0 radical (unpaired) electrons. The highest BCUT2D eigenvalue weighted by molar-refractivity contribution is 5.28. The van der Waals surface area contributed by atoms with E-state index >= 15 is 0 Å². The molecule has 0 bridgehead atoms. The number of hydrogen-bond acceptors (Lipinski definition) is 3. The Bertz CT molecular complexity index is 286. The van der Waals surface area contributed by atoms with Crippen LogP contribution in [-0.2, 0) is 11.3 Å². The molecular weight excluding hydrogens is 192 g/mol. The van der Waals surface area contributed by atoms with Crippen molar-refractivity contribution >= 4 is 0 Å². The van der Waals surface area contributed by atoms with Gasteiger partial charge in [0.25, 0.3) is 0 Å². The summed E-state index contributed by atoms with van der Waals surface area (Å²) in [6.07, 6.45) is 0.985. The molecule has 1 aromatic rings. The molecule has 1 unspecified atom stereocenters. The molecule has 0 aliphatic rings. The van der Waals surface area contributed by atoms with Gasteiger partial charge < -0.3 is 14.6 Å². The van der Waals surface area contributed by atoms with Gasteiger partial charge >= 0.3 is 0 Å². The first-order valence-corrected chi connectivity index (χ1v) is 5.11. The van der Waals surface area contributed by atoms with Crippen molar-refractivity contribution < 1.29 is 14.6 Å². The number of hydrogen-bond donors (Lipinski definition) is 1. The Kier molecular flexibility index (Phi) is 5.15. The predicted octanol–water partition coefficient (Wildman–Crippen LogP) is 1.98. The van der Waals surface area contributed by atoms with E-state index in [4.69, 9.17) is 14.6 Å². The van der Waals surface area contributed by atoms with Gasteiger partial charge in [-0.1, -0.05) is 12.1 Å². The molecule has 0 heterocycles. The van der Waals surface area contributed by atoms with E-state index in [2.05, 4.69) is 0 Å². The summed E-state index contributed by atoms with van der Waals surface area (Å²) in [4.78, 5) is 0. The minimum Gasteiger partial charge on any atom is -0.491 e. The van der Waals surface area contributed by atoms with Crippen LogP contribution in [0.1, 0.15) is 18.9 Å². The molecule has 1 N–H and O–H groups in total. The molecule has 1 atom stereocenters. The van der Waals surface area contributed by atoms with Crippen molar-refractivity contribution in [2.45, 2.75) is 26.1 Å². The molecule has 3 nitrogen and oxygen atoms in total. The molecule has 15 heavy (non-hydrogen) atoms. The zero-order chi connectivity index (χ0) is 11.1. The van der Waals surface area contributed by atoms with E-state index < -0.39 is 0 Å². The SMILES string of the molecule is COCCC(C)Oc1cccc(CO)c1. The molecule has 3 heteroatoms. The van der Waals surface area contributed by atoms with E-state index in [1.54, 1.807) is 7.11 Å². The first kappa shape index (κ1) is 12.0. The second-order valence-electron chi connectivity index (χ2n) is 3.52. The first-order valence-electron chi connectivity index (χ1n) is 5.11. The summed E-state index contributed by atoms with van der Waals surface area (Å²) in [6.45, 7) is 2.75. The lowest BCUT2D eigenvalue weighted by molar-refractivity contribution is 0.135. The van der Waals surface area contributed by atoms with Crippen molar-refractivity contribution in [2.75, 3.05) is 13.7 Å². The minimum atomic E-state index is 0.0453. The fourth-order valence-corrected chi connectivity index (χ4v) is 1.29. The predicted molar refractivity (Wildman–Crippen MR) is 58.9 cm³/mol. The topological polar surface area (TPSA) is 38.7 Å². The summed E-state index contributed by atoms with van der Waals surface area (Å²) in [5.74, 6) is 0.796. The van der Waals surface area contributed by atoms with Crippen molar-refractivity contribution in [3.8, 4) is 5.75 Å². The Morgan fingerprint density at radius 1 is 1.40 bits per heavy atom. The van der Waals surface area contributed by atoms with Crippen LogP contribution < -0.4 is 4.74 Å². The van der Waals surface area contributed by atoms with Crippen molar-refractivity contribution in [1.29, 1.82) is 0 Å². The van der Waals surface area contributed by atoms with Crippen molar-refractivity contribution in [2.24, 2.45) is 0 Å². The molecule has 84 valence electrons. The van der Waals surface area contributed by atoms with Crippen LogP contribution in [0.4, 0.5) is 0 Å². The van der Waals surface area contributed by atoms with Gasteiger partial charge in [-0.05, 0) is 24.6 Å². The van der Waals surface area contributed by atoms with Gasteiger partial charge in [-0.3, -0.25) is 0 Å². The molecule has 0 fully saturated rings. The van der Waals surface area contributed by atoms with Gasteiger partial charge in [0.1, 0.15) is 5.75 Å². The summed E-state index contributed by atoms with van der Waals surface area (Å²) in [6, 6.07) is 7.49. The Labute approximate surface area is 90.6 Å². The molecule has 0 amide bonds. The van der Waals surface area contributed by atoms with Crippen LogP contribution in [0.5, 0.6) is 5.75 Å². The largest absolute Gasteiger partial charge is 0.491 e. The zero-order valence-electron chi connectivity index (χ0n) is 9.27. The maximum atomic E-state index is 8.96. The van der Waals surface area contributed by atoms with E-state index in [1.165, 1.54) is 0 Å². The Hall–Kier alpha value is -1.06.